The molecule has 3 aromatic carbocycles. The number of nitrogens with zero attached hydrogens (tertiary/aromatic N) is 2. The fraction of sp³-hybridized carbons (Fsp3) is 0.214. The molecule has 6 nitrogen and oxygen atoms in total. The monoisotopic (exact) mass is 453 g/mol. The summed E-state index contributed by atoms with van der Waals surface area (Å²) in [5.74, 6) is -0.425. The molecule has 1 fully saturated rings. The van der Waals surface area contributed by atoms with Crippen LogP contribution in [-0.4, -0.2) is 46.9 Å². The minimum absolute atomic E-state index is 0.00488. The predicted octanol–water partition coefficient (Wildman–Crippen LogP) is 5.43. The number of carbonyl (C=O) groups excluding carboxylic acids is 1. The molecule has 5 rings (SSSR count). The summed E-state index contributed by atoms with van der Waals surface area (Å²) in [7, 11) is 1.35. The van der Waals surface area contributed by atoms with E-state index in [4.69, 9.17) is 9.73 Å². The molecule has 0 spiro atoms. The molecular weight excluding hydrogens is 426 g/mol. The van der Waals surface area contributed by atoms with Gasteiger partial charge in [-0.15, -0.1) is 0 Å². The number of likely N-dealkylation sites (tertiary alicyclic amines) is 1. The quantitative estimate of drug-likeness (QED) is 0.302. The van der Waals surface area contributed by atoms with Gasteiger partial charge in [-0.2, -0.15) is 0 Å². The largest absolute Gasteiger partial charge is 0.494 e. The van der Waals surface area contributed by atoms with Crippen LogP contribution in [0.15, 0.2) is 77.8 Å². The highest BCUT2D eigenvalue weighted by atomic mass is 16.5. The first-order chi connectivity index (χ1) is 16.6. The first-order valence-electron chi connectivity index (χ1n) is 11.5. The van der Waals surface area contributed by atoms with Gasteiger partial charge in [-0.05, 0) is 61.8 Å². The van der Waals surface area contributed by atoms with Gasteiger partial charge in [-0.25, -0.2) is 9.79 Å². The molecule has 2 heterocycles. The van der Waals surface area contributed by atoms with Crippen LogP contribution in [0.5, 0.6) is 5.88 Å². The van der Waals surface area contributed by atoms with Crippen molar-refractivity contribution in [3.8, 4) is 5.88 Å². The number of aliphatic imine (C=N–C) groups is 1. The minimum Gasteiger partial charge on any atom is -0.494 e. The first kappa shape index (κ1) is 21.9. The summed E-state index contributed by atoms with van der Waals surface area (Å²) in [6, 6.07) is 23.2. The van der Waals surface area contributed by atoms with E-state index in [2.05, 4.69) is 22.0 Å². The van der Waals surface area contributed by atoms with Gasteiger partial charge in [-0.3, -0.25) is 4.90 Å². The van der Waals surface area contributed by atoms with Crippen molar-refractivity contribution < 1.29 is 14.6 Å². The van der Waals surface area contributed by atoms with E-state index < -0.39 is 5.97 Å². The summed E-state index contributed by atoms with van der Waals surface area (Å²) in [4.78, 5) is 22.6. The molecular formula is C28H27N3O3. The van der Waals surface area contributed by atoms with E-state index in [0.29, 0.717) is 27.7 Å². The minimum atomic E-state index is -0.430. The van der Waals surface area contributed by atoms with Gasteiger partial charge in [0.1, 0.15) is 0 Å². The maximum Gasteiger partial charge on any atom is 0.337 e. The zero-order valence-corrected chi connectivity index (χ0v) is 19.1. The number of ether oxygens (including phenoxy) is 1. The fourth-order valence-electron chi connectivity index (χ4n) is 4.53. The first-order valence-corrected chi connectivity index (χ1v) is 11.5. The zero-order valence-electron chi connectivity index (χ0n) is 19.1. The Bertz CT molecular complexity index is 1330. The Labute approximate surface area is 198 Å². The van der Waals surface area contributed by atoms with Gasteiger partial charge < -0.3 is 14.8 Å². The Hall–Kier alpha value is -3.90. The molecule has 1 aliphatic heterocycles. The average Bonchev–Trinajstić information content (AvgIpc) is 3.50. The highest BCUT2D eigenvalue weighted by Crippen LogP contribution is 2.32. The Morgan fingerprint density at radius 3 is 2.44 bits per heavy atom. The smallest absolute Gasteiger partial charge is 0.337 e. The lowest BCUT2D eigenvalue weighted by atomic mass is 9.99. The molecule has 34 heavy (non-hydrogen) atoms. The number of aromatic amines is 1. The van der Waals surface area contributed by atoms with Crippen molar-refractivity contribution in [2.45, 2.75) is 19.4 Å². The number of benzene rings is 3. The van der Waals surface area contributed by atoms with Gasteiger partial charge in [0, 0.05) is 23.0 Å². The van der Waals surface area contributed by atoms with Crippen LogP contribution in [0.3, 0.4) is 0 Å². The van der Waals surface area contributed by atoms with E-state index in [1.54, 1.807) is 18.2 Å². The van der Waals surface area contributed by atoms with Gasteiger partial charge in [0.25, 0.3) is 0 Å². The van der Waals surface area contributed by atoms with Gasteiger partial charge in [0.2, 0.25) is 0 Å². The molecule has 0 radical (unpaired) electrons. The summed E-state index contributed by atoms with van der Waals surface area (Å²) >= 11 is 0. The van der Waals surface area contributed by atoms with E-state index >= 15 is 0 Å². The second-order valence-corrected chi connectivity index (χ2v) is 8.58. The number of hydrogen-bond acceptors (Lipinski definition) is 5. The van der Waals surface area contributed by atoms with Gasteiger partial charge in [0.15, 0.2) is 5.88 Å². The lowest BCUT2D eigenvalue weighted by molar-refractivity contribution is 0.0601. The number of nitrogens with one attached hydrogen (secondary N) is 1. The zero-order chi connectivity index (χ0) is 23.5. The van der Waals surface area contributed by atoms with Crippen molar-refractivity contribution in [1.82, 2.24) is 9.88 Å². The Kier molecular flexibility index (Phi) is 6.14. The Morgan fingerprint density at radius 2 is 1.74 bits per heavy atom. The molecule has 1 saturated heterocycles. The van der Waals surface area contributed by atoms with Crippen LogP contribution in [-0.2, 0) is 11.3 Å². The summed E-state index contributed by atoms with van der Waals surface area (Å²) in [5, 5.41) is 11.6. The number of rotatable bonds is 6. The van der Waals surface area contributed by atoms with Crippen LogP contribution in [0.25, 0.3) is 10.9 Å². The molecule has 0 amide bonds. The SMILES string of the molecule is COC(=O)c1ccc2[nH]c(O)c(C(=Nc3ccc(CN4CCCC4)cc3)c3ccccc3)c2c1. The maximum absolute atomic E-state index is 12.1. The molecule has 0 aliphatic carbocycles. The van der Waals surface area contributed by atoms with Crippen molar-refractivity contribution in [1.29, 1.82) is 0 Å². The van der Waals surface area contributed by atoms with E-state index in [-0.39, 0.29) is 5.88 Å². The number of methoxy groups -OCH3 is 1. The molecule has 2 N–H and O–H groups in total. The van der Waals surface area contributed by atoms with Crippen LogP contribution in [0.4, 0.5) is 5.69 Å². The summed E-state index contributed by atoms with van der Waals surface area (Å²) in [5.41, 5.74) is 5.22. The summed E-state index contributed by atoms with van der Waals surface area (Å²) in [6.45, 7) is 3.27. The van der Waals surface area contributed by atoms with Crippen molar-refractivity contribution in [2.75, 3.05) is 20.2 Å². The highest BCUT2D eigenvalue weighted by molar-refractivity contribution is 6.22. The van der Waals surface area contributed by atoms with Crippen LogP contribution in [0.2, 0.25) is 0 Å². The number of H-pyrrole nitrogens is 1. The molecule has 1 aliphatic rings. The normalized spacial score (nSPS) is 14.6. The van der Waals surface area contributed by atoms with Gasteiger partial charge >= 0.3 is 5.97 Å². The molecule has 1 aromatic heterocycles. The molecule has 172 valence electrons. The molecule has 0 saturated carbocycles. The number of fused-ring (bicyclic) bond motifs is 1. The van der Waals surface area contributed by atoms with Crippen LogP contribution < -0.4 is 0 Å². The van der Waals surface area contributed by atoms with Gasteiger partial charge in [-0.1, -0.05) is 42.5 Å². The molecule has 0 unspecified atom stereocenters. The number of carbonyl (C=O) groups is 1. The number of hydrogen-bond donors (Lipinski definition) is 2. The van der Waals surface area contributed by atoms with Crippen molar-refractivity contribution >= 4 is 28.3 Å². The Morgan fingerprint density at radius 1 is 1.00 bits per heavy atom. The third-order valence-electron chi connectivity index (χ3n) is 6.27. The van der Waals surface area contributed by atoms with Crippen molar-refractivity contribution in [3.63, 3.8) is 0 Å². The van der Waals surface area contributed by atoms with Crippen LogP contribution >= 0.6 is 0 Å². The maximum atomic E-state index is 12.1. The topological polar surface area (TPSA) is 77.9 Å². The third-order valence-corrected chi connectivity index (χ3v) is 6.27. The third kappa shape index (κ3) is 4.45. The van der Waals surface area contributed by atoms with Crippen LogP contribution in [0, 0.1) is 0 Å². The standard InChI is InChI=1S/C28H27N3O3/c1-34-28(33)21-11-14-24-23(17-21)25(27(32)30-24)26(20-7-3-2-4-8-20)29-22-12-9-19(10-13-22)18-31-15-5-6-16-31/h2-4,7-14,17,30,32H,5-6,15-16,18H2,1H3. The Balaban J connectivity index is 1.58. The number of aromatic nitrogens is 1. The van der Waals surface area contributed by atoms with E-state index in [0.717, 1.165) is 30.9 Å². The second-order valence-electron chi connectivity index (χ2n) is 8.58. The lowest BCUT2D eigenvalue weighted by Crippen LogP contribution is -2.18. The van der Waals surface area contributed by atoms with E-state index in [1.165, 1.54) is 25.5 Å². The van der Waals surface area contributed by atoms with E-state index in [1.807, 2.05) is 42.5 Å². The second kappa shape index (κ2) is 9.53. The number of aromatic hydroxyl groups is 1. The van der Waals surface area contributed by atoms with E-state index in [9.17, 15) is 9.90 Å². The van der Waals surface area contributed by atoms with Gasteiger partial charge in [0.05, 0.1) is 29.6 Å². The lowest BCUT2D eigenvalue weighted by Gasteiger charge is -2.14. The van der Waals surface area contributed by atoms with Crippen molar-refractivity contribution in [3.05, 3.63) is 95.1 Å². The average molecular weight is 454 g/mol. The number of esters is 1. The van der Waals surface area contributed by atoms with Crippen LogP contribution in [0.1, 0.15) is 39.9 Å². The summed E-state index contributed by atoms with van der Waals surface area (Å²) < 4.78 is 4.89. The molecule has 4 aromatic rings. The fourth-order valence-corrected chi connectivity index (χ4v) is 4.53. The van der Waals surface area contributed by atoms with Crippen molar-refractivity contribution in [2.24, 2.45) is 4.99 Å². The highest BCUT2D eigenvalue weighted by Gasteiger charge is 2.20. The summed E-state index contributed by atoms with van der Waals surface area (Å²) in [6.07, 6.45) is 2.54. The molecule has 6 heteroatoms. The predicted molar refractivity (Wildman–Crippen MR) is 134 cm³/mol. The molecule has 0 bridgehead atoms. The molecule has 0 atom stereocenters.